The maximum Gasteiger partial charge on any atom is 0.295 e. The number of pyridine rings is 1. The summed E-state index contributed by atoms with van der Waals surface area (Å²) in [5.74, 6) is 0.298. The van der Waals surface area contributed by atoms with E-state index < -0.39 is 4.92 Å². The second-order valence-corrected chi connectivity index (χ2v) is 5.68. The summed E-state index contributed by atoms with van der Waals surface area (Å²) in [4.78, 5) is 15.1. The van der Waals surface area contributed by atoms with Crippen LogP contribution in [0.25, 0.3) is 23.1 Å². The Kier molecular flexibility index (Phi) is 4.00. The molecule has 0 saturated heterocycles. The van der Waals surface area contributed by atoms with E-state index in [2.05, 4.69) is 4.98 Å². The Labute approximate surface area is 139 Å². The molecule has 0 spiro atoms. The number of phenols is 1. The van der Waals surface area contributed by atoms with Crippen molar-refractivity contribution >= 4 is 28.7 Å². The average molecular weight is 320 g/mol. The molecule has 0 saturated carbocycles. The molecule has 3 aromatic rings. The molecule has 0 atom stereocenters. The first kappa shape index (κ1) is 15.7. The van der Waals surface area contributed by atoms with Gasteiger partial charge >= 0.3 is 0 Å². The third-order valence-corrected chi connectivity index (χ3v) is 3.88. The maximum absolute atomic E-state index is 11.1. The third-order valence-electron chi connectivity index (χ3n) is 3.88. The first-order valence-corrected chi connectivity index (χ1v) is 7.48. The lowest BCUT2D eigenvalue weighted by atomic mass is 10.1. The molecule has 1 heterocycles. The van der Waals surface area contributed by atoms with Crippen molar-refractivity contribution in [2.45, 2.75) is 13.8 Å². The highest BCUT2D eigenvalue weighted by Crippen LogP contribution is 2.26. The number of nitro groups is 1. The van der Waals surface area contributed by atoms with Crippen LogP contribution in [-0.2, 0) is 0 Å². The molecule has 0 fully saturated rings. The van der Waals surface area contributed by atoms with Gasteiger partial charge in [0.1, 0.15) is 11.3 Å². The summed E-state index contributed by atoms with van der Waals surface area (Å²) in [6, 6.07) is 12.3. The van der Waals surface area contributed by atoms with E-state index in [-0.39, 0.29) is 5.69 Å². The monoisotopic (exact) mass is 320 g/mol. The Hall–Kier alpha value is -3.21. The van der Waals surface area contributed by atoms with Gasteiger partial charge in [-0.1, -0.05) is 24.3 Å². The second kappa shape index (κ2) is 6.12. The molecular formula is C19H16N2O3. The van der Waals surface area contributed by atoms with Gasteiger partial charge in [0.05, 0.1) is 10.6 Å². The van der Waals surface area contributed by atoms with E-state index in [0.717, 1.165) is 22.1 Å². The number of para-hydroxylation sites is 1. The molecule has 5 nitrogen and oxygen atoms in total. The zero-order valence-electron chi connectivity index (χ0n) is 13.4. The number of aromatic hydroxyl groups is 1. The second-order valence-electron chi connectivity index (χ2n) is 5.68. The van der Waals surface area contributed by atoms with Crippen molar-refractivity contribution < 1.29 is 10.0 Å². The van der Waals surface area contributed by atoms with Crippen molar-refractivity contribution in [3.05, 3.63) is 75.0 Å². The van der Waals surface area contributed by atoms with Crippen molar-refractivity contribution in [3.8, 4) is 5.75 Å². The molecule has 0 aliphatic carbocycles. The van der Waals surface area contributed by atoms with Gasteiger partial charge in [-0.3, -0.25) is 10.1 Å². The molecule has 1 N–H and O–H groups in total. The zero-order chi connectivity index (χ0) is 17.3. The van der Waals surface area contributed by atoms with E-state index in [1.165, 1.54) is 6.07 Å². The summed E-state index contributed by atoms with van der Waals surface area (Å²) in [5.41, 5.74) is 3.56. The summed E-state index contributed by atoms with van der Waals surface area (Å²) in [5, 5.41) is 21.7. The van der Waals surface area contributed by atoms with Crippen LogP contribution in [0.3, 0.4) is 0 Å². The van der Waals surface area contributed by atoms with Crippen LogP contribution in [0.15, 0.2) is 42.5 Å². The van der Waals surface area contributed by atoms with Crippen LogP contribution < -0.4 is 0 Å². The number of benzene rings is 2. The topological polar surface area (TPSA) is 76.3 Å². The molecular weight excluding hydrogens is 304 g/mol. The molecule has 2 aromatic carbocycles. The van der Waals surface area contributed by atoms with Crippen LogP contribution in [0.5, 0.6) is 5.75 Å². The van der Waals surface area contributed by atoms with E-state index in [9.17, 15) is 15.2 Å². The smallest absolute Gasteiger partial charge is 0.295 e. The summed E-state index contributed by atoms with van der Waals surface area (Å²) < 4.78 is 0. The van der Waals surface area contributed by atoms with Crippen LogP contribution >= 0.6 is 0 Å². The molecule has 0 aliphatic rings. The fraction of sp³-hybridized carbons (Fsp3) is 0.105. The van der Waals surface area contributed by atoms with Crippen LogP contribution in [-0.4, -0.2) is 15.0 Å². The summed E-state index contributed by atoms with van der Waals surface area (Å²) in [6.07, 6.45) is 3.68. The highest BCUT2D eigenvalue weighted by Gasteiger charge is 2.12. The van der Waals surface area contributed by atoms with Gasteiger partial charge in [-0.2, -0.15) is 0 Å². The van der Waals surface area contributed by atoms with Crippen molar-refractivity contribution in [1.29, 1.82) is 0 Å². The number of hydrogen-bond acceptors (Lipinski definition) is 4. The van der Waals surface area contributed by atoms with Gasteiger partial charge in [0.15, 0.2) is 0 Å². The minimum Gasteiger partial charge on any atom is -0.507 e. The SMILES string of the molecule is Cc1cc(/C=C/c2ccc3cccc([N+](=O)[O-])c3n2)cc(C)c1O. The van der Waals surface area contributed by atoms with Gasteiger partial charge in [0.2, 0.25) is 0 Å². The summed E-state index contributed by atoms with van der Waals surface area (Å²) in [6.45, 7) is 3.69. The first-order valence-electron chi connectivity index (χ1n) is 7.48. The molecule has 0 bridgehead atoms. The number of aryl methyl sites for hydroxylation is 2. The van der Waals surface area contributed by atoms with Gasteiger partial charge < -0.3 is 5.11 Å². The van der Waals surface area contributed by atoms with E-state index >= 15 is 0 Å². The first-order chi connectivity index (χ1) is 11.5. The lowest BCUT2D eigenvalue weighted by molar-refractivity contribution is -0.383. The number of aromatic nitrogens is 1. The van der Waals surface area contributed by atoms with Gasteiger partial charge in [0.25, 0.3) is 5.69 Å². The molecule has 5 heteroatoms. The number of nitrogens with zero attached hydrogens (tertiary/aromatic N) is 2. The molecule has 1 aromatic heterocycles. The number of nitro benzene ring substituents is 1. The third kappa shape index (κ3) is 2.96. The van der Waals surface area contributed by atoms with Gasteiger partial charge in [0, 0.05) is 11.5 Å². The molecule has 3 rings (SSSR count). The zero-order valence-corrected chi connectivity index (χ0v) is 13.4. The molecule has 120 valence electrons. The number of phenolic OH excluding ortho intramolecular Hbond substituents is 1. The number of rotatable bonds is 3. The predicted octanol–water partition coefficient (Wildman–Crippen LogP) is 4.64. The Morgan fingerprint density at radius 1 is 1.08 bits per heavy atom. The van der Waals surface area contributed by atoms with Crippen molar-refractivity contribution in [1.82, 2.24) is 4.98 Å². The molecule has 0 radical (unpaired) electrons. The number of non-ortho nitro benzene ring substituents is 1. The Bertz CT molecular complexity index is 955. The van der Waals surface area contributed by atoms with E-state index in [0.29, 0.717) is 17.0 Å². The highest BCUT2D eigenvalue weighted by molar-refractivity contribution is 5.88. The molecule has 0 unspecified atom stereocenters. The predicted molar refractivity (Wildman–Crippen MR) is 94.9 cm³/mol. The number of fused-ring (bicyclic) bond motifs is 1. The van der Waals surface area contributed by atoms with E-state index in [1.54, 1.807) is 18.2 Å². The highest BCUT2D eigenvalue weighted by atomic mass is 16.6. The van der Waals surface area contributed by atoms with Crippen LogP contribution in [0.1, 0.15) is 22.4 Å². The fourth-order valence-corrected chi connectivity index (χ4v) is 2.65. The average Bonchev–Trinajstić information content (AvgIpc) is 2.56. The largest absolute Gasteiger partial charge is 0.507 e. The Morgan fingerprint density at radius 2 is 1.79 bits per heavy atom. The van der Waals surface area contributed by atoms with Crippen LogP contribution in [0, 0.1) is 24.0 Å². The van der Waals surface area contributed by atoms with E-state index in [1.807, 2.05) is 44.2 Å². The van der Waals surface area contributed by atoms with Gasteiger partial charge in [-0.25, -0.2) is 4.98 Å². The Morgan fingerprint density at radius 3 is 2.46 bits per heavy atom. The van der Waals surface area contributed by atoms with Crippen LogP contribution in [0.2, 0.25) is 0 Å². The van der Waals surface area contributed by atoms with Gasteiger partial charge in [-0.15, -0.1) is 0 Å². The Balaban J connectivity index is 2.01. The maximum atomic E-state index is 11.1. The lowest BCUT2D eigenvalue weighted by Crippen LogP contribution is -1.92. The normalized spacial score (nSPS) is 11.2. The fourth-order valence-electron chi connectivity index (χ4n) is 2.65. The molecule has 0 amide bonds. The minimum absolute atomic E-state index is 0.000859. The molecule has 24 heavy (non-hydrogen) atoms. The van der Waals surface area contributed by atoms with Crippen LogP contribution in [0.4, 0.5) is 5.69 Å². The van der Waals surface area contributed by atoms with Crippen molar-refractivity contribution in [3.63, 3.8) is 0 Å². The van der Waals surface area contributed by atoms with Crippen molar-refractivity contribution in [2.75, 3.05) is 0 Å². The standard InChI is InChI=1S/C19H16N2O3/c1-12-10-14(11-13(2)19(12)22)6-8-16-9-7-15-4-3-5-17(21(23)24)18(15)20-16/h3-11,22H,1-2H3/b8-6+. The van der Waals surface area contributed by atoms with Gasteiger partial charge in [-0.05, 0) is 54.8 Å². The summed E-state index contributed by atoms with van der Waals surface area (Å²) >= 11 is 0. The number of hydrogen-bond donors (Lipinski definition) is 1. The van der Waals surface area contributed by atoms with Crippen molar-refractivity contribution in [2.24, 2.45) is 0 Å². The molecule has 0 aliphatic heterocycles. The quantitative estimate of drug-likeness (QED) is 0.563. The minimum atomic E-state index is -0.421. The van der Waals surface area contributed by atoms with E-state index in [4.69, 9.17) is 0 Å². The summed E-state index contributed by atoms with van der Waals surface area (Å²) in [7, 11) is 0. The lowest BCUT2D eigenvalue weighted by Gasteiger charge is -2.05.